The van der Waals surface area contributed by atoms with Gasteiger partial charge >= 0.3 is 5.97 Å². The molecule has 1 unspecified atom stereocenters. The van der Waals surface area contributed by atoms with Gasteiger partial charge in [-0.3, -0.25) is 5.26 Å². The second kappa shape index (κ2) is 17.7. The second-order valence-electron chi connectivity index (χ2n) is 5.76. The minimum Gasteiger partial charge on any atom is -0.478 e. The van der Waals surface area contributed by atoms with E-state index in [1.54, 1.807) is 18.2 Å². The fourth-order valence-corrected chi connectivity index (χ4v) is 2.25. The number of carbonyl (C=O) groups is 1. The van der Waals surface area contributed by atoms with E-state index in [-0.39, 0.29) is 6.10 Å². The van der Waals surface area contributed by atoms with Gasteiger partial charge in [-0.05, 0) is 6.42 Å². The van der Waals surface area contributed by atoms with Crippen LogP contribution < -0.4 is 0 Å². The SMILES string of the molecule is CCCCCCCCCCC(C=CC=CC=CC=CC(=O)O)OO. The van der Waals surface area contributed by atoms with Crippen molar-refractivity contribution >= 4 is 5.97 Å². The summed E-state index contributed by atoms with van der Waals surface area (Å²) in [6.07, 6.45) is 23.7. The Bertz CT molecular complexity index is 408. The standard InChI is InChI=1S/C20H32O4/c1-2-3-4-5-6-7-10-13-16-19(24-23)17-14-11-8-9-12-15-18-20(21)22/h8-9,11-12,14-15,17-19,23H,2-7,10,13,16H2,1H3,(H,21,22). The first-order chi connectivity index (χ1) is 11.7. The van der Waals surface area contributed by atoms with Crippen molar-refractivity contribution in [3.8, 4) is 0 Å². The van der Waals surface area contributed by atoms with Gasteiger partial charge in [0.05, 0.1) is 0 Å². The first kappa shape index (κ1) is 22.4. The van der Waals surface area contributed by atoms with Gasteiger partial charge in [-0.15, -0.1) is 0 Å². The van der Waals surface area contributed by atoms with Gasteiger partial charge in [-0.25, -0.2) is 9.68 Å². The minimum absolute atomic E-state index is 0.273. The summed E-state index contributed by atoms with van der Waals surface area (Å²) in [4.78, 5) is 14.7. The van der Waals surface area contributed by atoms with Crippen molar-refractivity contribution < 1.29 is 20.0 Å². The highest BCUT2D eigenvalue weighted by atomic mass is 17.1. The summed E-state index contributed by atoms with van der Waals surface area (Å²) in [5.74, 6) is -0.965. The average molecular weight is 336 g/mol. The first-order valence-electron chi connectivity index (χ1n) is 8.92. The maximum atomic E-state index is 10.2. The topological polar surface area (TPSA) is 66.8 Å². The van der Waals surface area contributed by atoms with Crippen molar-refractivity contribution in [2.45, 2.75) is 70.8 Å². The third-order valence-electron chi connectivity index (χ3n) is 3.60. The summed E-state index contributed by atoms with van der Waals surface area (Å²) in [5, 5.41) is 17.3. The number of carboxylic acids is 1. The highest BCUT2D eigenvalue weighted by molar-refractivity contribution is 5.80. The molecular formula is C20H32O4. The number of allylic oxidation sites excluding steroid dienone is 6. The number of hydrogen-bond donors (Lipinski definition) is 2. The lowest BCUT2D eigenvalue weighted by Crippen LogP contribution is -2.06. The molecule has 0 aliphatic rings. The molecule has 0 rings (SSSR count). The molecule has 0 radical (unpaired) electrons. The van der Waals surface area contributed by atoms with Crippen LogP contribution in [0.2, 0.25) is 0 Å². The molecule has 0 saturated carbocycles. The number of rotatable bonds is 15. The van der Waals surface area contributed by atoms with Gasteiger partial charge in [0.25, 0.3) is 0 Å². The van der Waals surface area contributed by atoms with Gasteiger partial charge in [0.2, 0.25) is 0 Å². The van der Waals surface area contributed by atoms with Crippen LogP contribution in [0.4, 0.5) is 0 Å². The third-order valence-corrected chi connectivity index (χ3v) is 3.60. The van der Waals surface area contributed by atoms with E-state index in [4.69, 9.17) is 10.4 Å². The van der Waals surface area contributed by atoms with E-state index in [1.807, 2.05) is 18.2 Å². The lowest BCUT2D eigenvalue weighted by Gasteiger charge is -2.08. The normalized spacial score (nSPS) is 13.8. The predicted octanol–water partition coefficient (Wildman–Crippen LogP) is 5.68. The largest absolute Gasteiger partial charge is 0.478 e. The molecule has 0 spiro atoms. The smallest absolute Gasteiger partial charge is 0.328 e. The van der Waals surface area contributed by atoms with Crippen LogP contribution in [0.5, 0.6) is 0 Å². The Kier molecular flexibility index (Phi) is 16.5. The van der Waals surface area contributed by atoms with Crippen molar-refractivity contribution in [2.75, 3.05) is 0 Å². The van der Waals surface area contributed by atoms with E-state index in [9.17, 15) is 4.79 Å². The molecule has 0 amide bonds. The summed E-state index contributed by atoms with van der Waals surface area (Å²) < 4.78 is 0. The summed E-state index contributed by atoms with van der Waals surface area (Å²) in [6, 6.07) is 0. The third kappa shape index (κ3) is 16.7. The van der Waals surface area contributed by atoms with Crippen molar-refractivity contribution in [1.82, 2.24) is 0 Å². The maximum absolute atomic E-state index is 10.2. The molecule has 0 aromatic rings. The lowest BCUT2D eigenvalue weighted by molar-refractivity contribution is -0.267. The van der Waals surface area contributed by atoms with Gasteiger partial charge in [-0.2, -0.15) is 0 Å². The summed E-state index contributed by atoms with van der Waals surface area (Å²) in [5.41, 5.74) is 0. The zero-order valence-electron chi connectivity index (χ0n) is 14.8. The highest BCUT2D eigenvalue weighted by Gasteiger charge is 2.03. The van der Waals surface area contributed by atoms with Crippen molar-refractivity contribution in [1.29, 1.82) is 0 Å². The van der Waals surface area contributed by atoms with E-state index in [0.717, 1.165) is 18.9 Å². The van der Waals surface area contributed by atoms with Crippen molar-refractivity contribution in [2.24, 2.45) is 0 Å². The number of hydrogen-bond acceptors (Lipinski definition) is 3. The zero-order valence-corrected chi connectivity index (χ0v) is 14.8. The van der Waals surface area contributed by atoms with E-state index in [0.29, 0.717) is 0 Å². The lowest BCUT2D eigenvalue weighted by atomic mass is 10.1. The van der Waals surface area contributed by atoms with Crippen LogP contribution >= 0.6 is 0 Å². The van der Waals surface area contributed by atoms with Gasteiger partial charge < -0.3 is 5.11 Å². The Labute approximate surface area is 146 Å². The summed E-state index contributed by atoms with van der Waals surface area (Å²) >= 11 is 0. The van der Waals surface area contributed by atoms with Crippen LogP contribution in [-0.2, 0) is 9.68 Å². The van der Waals surface area contributed by atoms with Crippen molar-refractivity contribution in [3.63, 3.8) is 0 Å². The van der Waals surface area contributed by atoms with Crippen LogP contribution in [0.25, 0.3) is 0 Å². The molecule has 2 N–H and O–H groups in total. The molecule has 0 aromatic carbocycles. The van der Waals surface area contributed by atoms with Gasteiger partial charge in [-0.1, -0.05) is 101 Å². The zero-order chi connectivity index (χ0) is 17.9. The molecule has 0 heterocycles. The molecule has 4 nitrogen and oxygen atoms in total. The molecule has 0 bridgehead atoms. The number of carboxylic acid groups (broad SMARTS) is 1. The Morgan fingerprint density at radius 1 is 0.875 bits per heavy atom. The van der Waals surface area contributed by atoms with Crippen LogP contribution in [0.15, 0.2) is 48.6 Å². The van der Waals surface area contributed by atoms with E-state index in [2.05, 4.69) is 11.8 Å². The maximum Gasteiger partial charge on any atom is 0.328 e. The first-order valence-corrected chi connectivity index (χ1v) is 8.92. The predicted molar refractivity (Wildman–Crippen MR) is 98.9 cm³/mol. The second-order valence-corrected chi connectivity index (χ2v) is 5.76. The fourth-order valence-electron chi connectivity index (χ4n) is 2.25. The van der Waals surface area contributed by atoms with E-state index in [1.165, 1.54) is 51.0 Å². The van der Waals surface area contributed by atoms with Crippen LogP contribution in [0, 0.1) is 0 Å². The summed E-state index contributed by atoms with van der Waals surface area (Å²) in [7, 11) is 0. The van der Waals surface area contributed by atoms with E-state index < -0.39 is 5.97 Å². The van der Waals surface area contributed by atoms with E-state index >= 15 is 0 Å². The molecule has 1 atom stereocenters. The molecule has 0 aromatic heterocycles. The monoisotopic (exact) mass is 336 g/mol. The average Bonchev–Trinajstić information content (AvgIpc) is 2.57. The Morgan fingerprint density at radius 2 is 1.42 bits per heavy atom. The van der Waals surface area contributed by atoms with Gasteiger partial charge in [0, 0.05) is 6.08 Å². The Morgan fingerprint density at radius 3 is 2.00 bits per heavy atom. The Balaban J connectivity index is 3.76. The molecular weight excluding hydrogens is 304 g/mol. The van der Waals surface area contributed by atoms with Crippen molar-refractivity contribution in [3.05, 3.63) is 48.6 Å². The van der Waals surface area contributed by atoms with Crippen LogP contribution in [-0.4, -0.2) is 22.4 Å². The highest BCUT2D eigenvalue weighted by Crippen LogP contribution is 2.12. The minimum atomic E-state index is -0.965. The van der Waals surface area contributed by atoms with Gasteiger partial charge in [0.15, 0.2) is 0 Å². The molecule has 136 valence electrons. The number of unbranched alkanes of at least 4 members (excludes halogenated alkanes) is 7. The van der Waals surface area contributed by atoms with Crippen LogP contribution in [0.3, 0.4) is 0 Å². The van der Waals surface area contributed by atoms with Gasteiger partial charge in [0.1, 0.15) is 6.10 Å². The molecule has 4 heteroatoms. The fraction of sp³-hybridized carbons (Fsp3) is 0.550. The quantitative estimate of drug-likeness (QED) is 0.133. The van der Waals surface area contributed by atoms with Crippen LogP contribution in [0.1, 0.15) is 64.7 Å². The molecule has 0 saturated heterocycles. The molecule has 0 aliphatic carbocycles. The number of aliphatic carboxylic acids is 1. The molecule has 0 fully saturated rings. The molecule has 24 heavy (non-hydrogen) atoms. The summed E-state index contributed by atoms with van der Waals surface area (Å²) in [6.45, 7) is 2.23. The molecule has 0 aliphatic heterocycles. The Hall–Kier alpha value is -1.65.